The lowest BCUT2D eigenvalue weighted by Crippen LogP contribution is -2.16. The van der Waals surface area contributed by atoms with Crippen molar-refractivity contribution in [3.8, 4) is 0 Å². The van der Waals surface area contributed by atoms with Gasteiger partial charge in [0.05, 0.1) is 16.9 Å². The first-order chi connectivity index (χ1) is 14.0. The summed E-state index contributed by atoms with van der Waals surface area (Å²) in [5.41, 5.74) is 1.19. The fraction of sp³-hybridized carbons (Fsp3) is 0.0476. The van der Waals surface area contributed by atoms with Gasteiger partial charge in [0.15, 0.2) is 0 Å². The van der Waals surface area contributed by atoms with Gasteiger partial charge in [0.1, 0.15) is 0 Å². The predicted molar refractivity (Wildman–Crippen MR) is 111 cm³/mol. The van der Waals surface area contributed by atoms with E-state index in [0.29, 0.717) is 11.4 Å². The van der Waals surface area contributed by atoms with E-state index in [1.165, 1.54) is 23.9 Å². The third kappa shape index (κ3) is 5.66. The normalized spacial score (nSPS) is 10.2. The van der Waals surface area contributed by atoms with Crippen molar-refractivity contribution in [2.75, 3.05) is 16.4 Å². The highest BCUT2D eigenvalue weighted by Gasteiger charge is 2.16. The molecule has 3 rings (SSSR count). The number of aromatic nitrogens is 1. The molecule has 0 fully saturated rings. The summed E-state index contributed by atoms with van der Waals surface area (Å²) in [6, 6.07) is 16.4. The number of aromatic carboxylic acids is 1. The second-order valence-electron chi connectivity index (χ2n) is 5.91. The third-order valence-electron chi connectivity index (χ3n) is 3.83. The molecule has 3 aromatic rings. The largest absolute Gasteiger partial charge is 0.478 e. The van der Waals surface area contributed by atoms with Gasteiger partial charge in [-0.05, 0) is 42.5 Å². The first-order valence-corrected chi connectivity index (χ1v) is 9.58. The average molecular weight is 407 g/mol. The summed E-state index contributed by atoms with van der Waals surface area (Å²) in [6.07, 6.45) is 3.19. The van der Waals surface area contributed by atoms with Crippen molar-refractivity contribution < 1.29 is 19.5 Å². The molecule has 1 aromatic heterocycles. The maximum Gasteiger partial charge on any atom is 0.336 e. The van der Waals surface area contributed by atoms with Crippen LogP contribution in [0.1, 0.15) is 20.7 Å². The van der Waals surface area contributed by atoms with E-state index in [1.54, 1.807) is 54.9 Å². The number of carboxylic acid groups (broad SMARTS) is 1. The lowest BCUT2D eigenvalue weighted by molar-refractivity contribution is -0.113. The molecule has 0 saturated heterocycles. The van der Waals surface area contributed by atoms with Crippen LogP contribution in [-0.4, -0.2) is 33.6 Å². The van der Waals surface area contributed by atoms with Crippen molar-refractivity contribution in [2.24, 2.45) is 0 Å². The third-order valence-corrected chi connectivity index (χ3v) is 4.82. The number of rotatable bonds is 7. The Hall–Kier alpha value is -3.65. The second kappa shape index (κ2) is 9.52. The number of nitrogens with one attached hydrogen (secondary N) is 2. The summed E-state index contributed by atoms with van der Waals surface area (Å²) in [5.74, 6) is -1.64. The molecule has 0 atom stereocenters. The minimum Gasteiger partial charge on any atom is -0.478 e. The van der Waals surface area contributed by atoms with Crippen molar-refractivity contribution in [3.63, 3.8) is 0 Å². The molecular weight excluding hydrogens is 390 g/mol. The number of hydrogen-bond acceptors (Lipinski definition) is 5. The maximum atomic E-state index is 12.5. The Kier molecular flexibility index (Phi) is 6.59. The lowest BCUT2D eigenvalue weighted by Gasteiger charge is -2.09. The second-order valence-corrected chi connectivity index (χ2v) is 6.95. The highest BCUT2D eigenvalue weighted by atomic mass is 32.2. The molecule has 2 aromatic carbocycles. The van der Waals surface area contributed by atoms with Crippen LogP contribution in [0, 0.1) is 0 Å². The van der Waals surface area contributed by atoms with Crippen LogP contribution in [-0.2, 0) is 4.79 Å². The molecule has 0 radical (unpaired) electrons. The van der Waals surface area contributed by atoms with Gasteiger partial charge < -0.3 is 15.7 Å². The summed E-state index contributed by atoms with van der Waals surface area (Å²) in [4.78, 5) is 40.5. The quantitative estimate of drug-likeness (QED) is 0.515. The Labute approximate surface area is 171 Å². The SMILES string of the molecule is O=C(CSc1cccc(NC(=O)c2ccccc2C(=O)O)c1)Nc1ccncc1. The number of carboxylic acids is 1. The molecule has 3 N–H and O–H groups in total. The average Bonchev–Trinajstić information content (AvgIpc) is 2.73. The number of benzene rings is 2. The molecule has 7 nitrogen and oxygen atoms in total. The predicted octanol–water partition coefficient (Wildman–Crippen LogP) is 3.76. The summed E-state index contributed by atoms with van der Waals surface area (Å²) in [5, 5.41) is 14.7. The van der Waals surface area contributed by atoms with Crippen LogP contribution < -0.4 is 10.6 Å². The minimum absolute atomic E-state index is 0.0664. The molecular formula is C21H17N3O4S. The minimum atomic E-state index is -1.17. The Bertz CT molecular complexity index is 1040. The van der Waals surface area contributed by atoms with Gasteiger partial charge in [-0.2, -0.15) is 0 Å². The highest BCUT2D eigenvalue weighted by Crippen LogP contribution is 2.23. The molecule has 0 aliphatic rings. The fourth-order valence-corrected chi connectivity index (χ4v) is 3.27. The van der Waals surface area contributed by atoms with Gasteiger partial charge in [0.2, 0.25) is 5.91 Å². The topological polar surface area (TPSA) is 108 Å². The fourth-order valence-electron chi connectivity index (χ4n) is 2.51. The zero-order valence-electron chi connectivity index (χ0n) is 15.2. The van der Waals surface area contributed by atoms with Crippen LogP contribution in [0.25, 0.3) is 0 Å². The van der Waals surface area contributed by atoms with Crippen LogP contribution in [0.3, 0.4) is 0 Å². The Morgan fingerprint density at radius 2 is 1.59 bits per heavy atom. The summed E-state index contributed by atoms with van der Waals surface area (Å²) in [7, 11) is 0. The van der Waals surface area contributed by atoms with Gasteiger partial charge in [-0.1, -0.05) is 18.2 Å². The number of thioether (sulfide) groups is 1. The molecule has 29 heavy (non-hydrogen) atoms. The van der Waals surface area contributed by atoms with Gasteiger partial charge in [-0.25, -0.2) is 4.79 Å². The van der Waals surface area contributed by atoms with Crippen LogP contribution in [0.4, 0.5) is 11.4 Å². The maximum absolute atomic E-state index is 12.5. The van der Waals surface area contributed by atoms with Crippen LogP contribution >= 0.6 is 11.8 Å². The van der Waals surface area contributed by atoms with Gasteiger partial charge >= 0.3 is 5.97 Å². The molecule has 0 aliphatic heterocycles. The van der Waals surface area contributed by atoms with Gasteiger partial charge in [-0.3, -0.25) is 14.6 Å². The van der Waals surface area contributed by atoms with E-state index >= 15 is 0 Å². The highest BCUT2D eigenvalue weighted by molar-refractivity contribution is 8.00. The zero-order valence-corrected chi connectivity index (χ0v) is 16.0. The summed E-state index contributed by atoms with van der Waals surface area (Å²) in [6.45, 7) is 0. The number of pyridine rings is 1. The first kappa shape index (κ1) is 20.1. The number of carbonyl (C=O) groups is 3. The monoisotopic (exact) mass is 407 g/mol. The van der Waals surface area contributed by atoms with Crippen molar-refractivity contribution >= 4 is 40.9 Å². The van der Waals surface area contributed by atoms with E-state index in [9.17, 15) is 19.5 Å². The van der Waals surface area contributed by atoms with Gasteiger partial charge in [0.25, 0.3) is 5.91 Å². The van der Waals surface area contributed by atoms with Crippen molar-refractivity contribution in [2.45, 2.75) is 4.90 Å². The molecule has 1 heterocycles. The molecule has 2 amide bonds. The van der Waals surface area contributed by atoms with Crippen LogP contribution in [0.5, 0.6) is 0 Å². The molecule has 0 saturated carbocycles. The number of nitrogens with zero attached hydrogens (tertiary/aromatic N) is 1. The van der Waals surface area contributed by atoms with E-state index in [4.69, 9.17) is 0 Å². The van der Waals surface area contributed by atoms with Crippen molar-refractivity contribution in [3.05, 3.63) is 84.2 Å². The Morgan fingerprint density at radius 3 is 2.31 bits per heavy atom. The van der Waals surface area contributed by atoms with E-state index in [-0.39, 0.29) is 22.8 Å². The number of amides is 2. The number of hydrogen-bond donors (Lipinski definition) is 3. The van der Waals surface area contributed by atoms with Crippen LogP contribution in [0.2, 0.25) is 0 Å². The summed E-state index contributed by atoms with van der Waals surface area (Å²) >= 11 is 1.32. The molecule has 0 spiro atoms. The van der Waals surface area contributed by atoms with E-state index in [2.05, 4.69) is 15.6 Å². The van der Waals surface area contributed by atoms with Crippen molar-refractivity contribution in [1.29, 1.82) is 0 Å². The summed E-state index contributed by atoms with van der Waals surface area (Å²) < 4.78 is 0. The molecule has 0 aliphatic carbocycles. The standard InChI is InChI=1S/C21H17N3O4S/c25-19(23-14-8-10-22-11-9-14)13-29-16-5-3-4-15(12-16)24-20(26)17-6-1-2-7-18(17)21(27)28/h1-12H,13H2,(H,24,26)(H,27,28)(H,22,23,25). The molecule has 0 unspecified atom stereocenters. The van der Waals surface area contributed by atoms with Gasteiger partial charge in [-0.15, -0.1) is 11.8 Å². The smallest absolute Gasteiger partial charge is 0.336 e. The van der Waals surface area contributed by atoms with Crippen LogP contribution in [0.15, 0.2) is 78.0 Å². The first-order valence-electron chi connectivity index (χ1n) is 8.59. The zero-order chi connectivity index (χ0) is 20.6. The molecule has 0 bridgehead atoms. The lowest BCUT2D eigenvalue weighted by atomic mass is 10.1. The van der Waals surface area contributed by atoms with Crippen molar-refractivity contribution in [1.82, 2.24) is 4.98 Å². The Balaban J connectivity index is 1.62. The number of carbonyl (C=O) groups excluding carboxylic acids is 2. The molecule has 8 heteroatoms. The number of anilines is 2. The van der Waals surface area contributed by atoms with E-state index in [1.807, 2.05) is 6.07 Å². The van der Waals surface area contributed by atoms with Gasteiger partial charge in [0, 0.05) is 28.7 Å². The Morgan fingerprint density at radius 1 is 0.862 bits per heavy atom. The molecule has 146 valence electrons. The van der Waals surface area contributed by atoms with E-state index < -0.39 is 11.9 Å². The van der Waals surface area contributed by atoms with E-state index in [0.717, 1.165) is 4.90 Å².